The minimum absolute atomic E-state index is 0.260. The molecule has 1 aliphatic rings. The Labute approximate surface area is 171 Å². The van der Waals surface area contributed by atoms with Crippen LogP contribution in [0.1, 0.15) is 35.6 Å². The molecule has 0 saturated carbocycles. The maximum Gasteiger partial charge on any atom is 0.0828 e. The second kappa shape index (κ2) is 7.59. The molecular formula is C26H25N3. The van der Waals surface area contributed by atoms with Crippen LogP contribution in [0.5, 0.6) is 0 Å². The van der Waals surface area contributed by atoms with Gasteiger partial charge in [0.15, 0.2) is 0 Å². The Hall–Kier alpha value is -3.33. The molecule has 1 atom stereocenters. The number of benzene rings is 3. The minimum Gasteiger partial charge on any atom is -0.361 e. The monoisotopic (exact) mass is 379 g/mol. The highest BCUT2D eigenvalue weighted by atomic mass is 15.5. The van der Waals surface area contributed by atoms with Crippen LogP contribution in [0.4, 0.5) is 5.69 Å². The Morgan fingerprint density at radius 1 is 0.897 bits per heavy atom. The van der Waals surface area contributed by atoms with Crippen LogP contribution in [-0.2, 0) is 6.42 Å². The van der Waals surface area contributed by atoms with E-state index in [0.29, 0.717) is 0 Å². The summed E-state index contributed by atoms with van der Waals surface area (Å²) in [4.78, 5) is 3.39. The summed E-state index contributed by atoms with van der Waals surface area (Å²) in [5, 5.41) is 8.58. The average molecular weight is 380 g/mol. The molecule has 0 aliphatic carbocycles. The van der Waals surface area contributed by atoms with Gasteiger partial charge in [0, 0.05) is 29.2 Å². The topological polar surface area (TPSA) is 31.4 Å². The largest absolute Gasteiger partial charge is 0.361 e. The number of nitrogens with one attached hydrogen (secondary N) is 1. The van der Waals surface area contributed by atoms with Crippen molar-refractivity contribution in [3.8, 4) is 0 Å². The molecule has 0 radical (unpaired) electrons. The molecule has 0 unspecified atom stereocenters. The van der Waals surface area contributed by atoms with Crippen LogP contribution in [0.25, 0.3) is 10.9 Å². The molecule has 29 heavy (non-hydrogen) atoms. The fourth-order valence-electron chi connectivity index (χ4n) is 4.21. The maximum absolute atomic E-state index is 5.06. The van der Waals surface area contributed by atoms with Crippen LogP contribution in [0.2, 0.25) is 0 Å². The molecule has 0 amide bonds. The van der Waals surface area contributed by atoms with Crippen LogP contribution in [0.15, 0.2) is 90.2 Å². The van der Waals surface area contributed by atoms with Crippen LogP contribution in [0.3, 0.4) is 0 Å². The molecule has 3 nitrogen and oxygen atoms in total. The third-order valence-electron chi connectivity index (χ3n) is 5.81. The van der Waals surface area contributed by atoms with Crippen LogP contribution in [0, 0.1) is 6.92 Å². The number of anilines is 1. The summed E-state index contributed by atoms with van der Waals surface area (Å²) in [6.07, 6.45) is 5.10. The van der Waals surface area contributed by atoms with Gasteiger partial charge in [-0.3, -0.25) is 5.01 Å². The van der Waals surface area contributed by atoms with Gasteiger partial charge in [0.1, 0.15) is 0 Å². The van der Waals surface area contributed by atoms with E-state index in [-0.39, 0.29) is 6.04 Å². The van der Waals surface area contributed by atoms with Crippen molar-refractivity contribution in [3.05, 3.63) is 102 Å². The van der Waals surface area contributed by atoms with Crippen LogP contribution < -0.4 is 5.01 Å². The molecule has 0 spiro atoms. The molecule has 0 saturated heterocycles. The molecule has 3 aromatic carbocycles. The van der Waals surface area contributed by atoms with Crippen molar-refractivity contribution in [1.29, 1.82) is 0 Å². The van der Waals surface area contributed by atoms with E-state index in [4.69, 9.17) is 5.10 Å². The second-order valence-electron chi connectivity index (χ2n) is 7.84. The maximum atomic E-state index is 5.06. The van der Waals surface area contributed by atoms with E-state index in [9.17, 15) is 0 Å². The van der Waals surface area contributed by atoms with Gasteiger partial charge in [-0.25, -0.2) is 0 Å². The predicted molar refractivity (Wildman–Crippen MR) is 122 cm³/mol. The quantitative estimate of drug-likeness (QED) is 0.426. The normalized spacial score (nSPS) is 16.4. The van der Waals surface area contributed by atoms with E-state index in [1.807, 2.05) is 0 Å². The molecular weight excluding hydrogens is 354 g/mol. The van der Waals surface area contributed by atoms with E-state index < -0.39 is 0 Å². The summed E-state index contributed by atoms with van der Waals surface area (Å²) in [7, 11) is 0. The zero-order valence-corrected chi connectivity index (χ0v) is 16.7. The number of nitrogens with zero attached hydrogens (tertiary/aromatic N) is 2. The first-order chi connectivity index (χ1) is 14.3. The van der Waals surface area contributed by atoms with Crippen molar-refractivity contribution in [2.75, 3.05) is 5.01 Å². The van der Waals surface area contributed by atoms with Crippen molar-refractivity contribution in [3.63, 3.8) is 0 Å². The lowest BCUT2D eigenvalue weighted by Crippen LogP contribution is -2.18. The molecule has 0 fully saturated rings. The average Bonchev–Trinajstić information content (AvgIpc) is 3.38. The number of fused-ring (bicyclic) bond motifs is 1. The summed E-state index contributed by atoms with van der Waals surface area (Å²) in [5.74, 6) is 0. The van der Waals surface area contributed by atoms with Crippen molar-refractivity contribution in [1.82, 2.24) is 4.98 Å². The van der Waals surface area contributed by atoms with Crippen molar-refractivity contribution < 1.29 is 0 Å². The van der Waals surface area contributed by atoms with Crippen LogP contribution in [-0.4, -0.2) is 10.7 Å². The third-order valence-corrected chi connectivity index (χ3v) is 5.81. The first kappa shape index (κ1) is 17.7. The number of aromatic amines is 1. The first-order valence-corrected chi connectivity index (χ1v) is 10.3. The molecule has 3 heteroatoms. The van der Waals surface area contributed by atoms with Gasteiger partial charge in [-0.1, -0.05) is 66.2 Å². The number of rotatable bonds is 5. The van der Waals surface area contributed by atoms with E-state index in [0.717, 1.165) is 24.9 Å². The van der Waals surface area contributed by atoms with Gasteiger partial charge in [-0.05, 0) is 49.1 Å². The van der Waals surface area contributed by atoms with Gasteiger partial charge in [0.05, 0.1) is 11.7 Å². The Bertz CT molecular complexity index is 1140. The molecule has 1 N–H and O–H groups in total. The van der Waals surface area contributed by atoms with Gasteiger partial charge in [0.2, 0.25) is 0 Å². The van der Waals surface area contributed by atoms with Crippen LogP contribution >= 0.6 is 0 Å². The van der Waals surface area contributed by atoms with E-state index in [2.05, 4.69) is 102 Å². The number of aromatic nitrogens is 1. The Balaban J connectivity index is 1.40. The summed E-state index contributed by atoms with van der Waals surface area (Å²) in [6, 6.07) is 28.2. The summed E-state index contributed by atoms with van der Waals surface area (Å²) in [5.41, 5.74) is 7.61. The van der Waals surface area contributed by atoms with Gasteiger partial charge >= 0.3 is 0 Å². The zero-order chi connectivity index (χ0) is 19.6. The minimum atomic E-state index is 0.260. The van der Waals surface area contributed by atoms with Crippen molar-refractivity contribution in [2.45, 2.75) is 32.2 Å². The lowest BCUT2D eigenvalue weighted by atomic mass is 9.97. The van der Waals surface area contributed by atoms with Gasteiger partial charge in [0.25, 0.3) is 0 Å². The van der Waals surface area contributed by atoms with E-state index >= 15 is 0 Å². The molecule has 1 aliphatic heterocycles. The Morgan fingerprint density at radius 3 is 2.48 bits per heavy atom. The van der Waals surface area contributed by atoms with Gasteiger partial charge < -0.3 is 4.98 Å². The number of hydrazone groups is 1. The highest BCUT2D eigenvalue weighted by Gasteiger charge is 2.28. The van der Waals surface area contributed by atoms with E-state index in [1.54, 1.807) is 0 Å². The Kier molecular flexibility index (Phi) is 4.65. The fourth-order valence-corrected chi connectivity index (χ4v) is 4.21. The number of H-pyrrole nitrogens is 1. The molecule has 1 aromatic heterocycles. The highest BCUT2D eigenvalue weighted by Crippen LogP contribution is 2.36. The highest BCUT2D eigenvalue weighted by molar-refractivity contribution is 5.90. The Morgan fingerprint density at radius 2 is 1.66 bits per heavy atom. The zero-order valence-electron chi connectivity index (χ0n) is 16.7. The molecule has 5 rings (SSSR count). The smallest absolute Gasteiger partial charge is 0.0828 e. The summed E-state index contributed by atoms with van der Waals surface area (Å²) < 4.78 is 0. The summed E-state index contributed by atoms with van der Waals surface area (Å²) in [6.45, 7) is 2.14. The van der Waals surface area contributed by atoms with Crippen molar-refractivity contribution in [2.24, 2.45) is 5.10 Å². The first-order valence-electron chi connectivity index (χ1n) is 10.3. The number of hydrogen-bond acceptors (Lipinski definition) is 2. The summed E-state index contributed by atoms with van der Waals surface area (Å²) >= 11 is 0. The lowest BCUT2D eigenvalue weighted by Gasteiger charge is -2.24. The van der Waals surface area contributed by atoms with Gasteiger partial charge in [-0.15, -0.1) is 0 Å². The number of hydrogen-bond donors (Lipinski definition) is 1. The molecule has 2 heterocycles. The SMILES string of the molecule is Cc1ccc([C@H]2CC(CCc3c[nH]c4ccccc34)=NN2c2ccccc2)cc1. The number of para-hydroxylation sites is 2. The fraction of sp³-hybridized carbons (Fsp3) is 0.192. The number of aryl methyl sites for hydroxylation is 2. The van der Waals surface area contributed by atoms with Gasteiger partial charge in [-0.2, -0.15) is 5.10 Å². The molecule has 4 aromatic rings. The van der Waals surface area contributed by atoms with Crippen molar-refractivity contribution >= 4 is 22.3 Å². The standard InChI is InChI=1S/C26H25N3/c1-19-11-13-20(14-12-19)26-17-22(28-29(26)23-7-3-2-4-8-23)16-15-21-18-27-25-10-6-5-9-24(21)25/h2-14,18,26-27H,15-17H2,1H3/t26-/m1/s1. The van der Waals surface area contributed by atoms with E-state index in [1.165, 1.54) is 33.3 Å². The second-order valence-corrected chi connectivity index (χ2v) is 7.84. The molecule has 144 valence electrons. The predicted octanol–water partition coefficient (Wildman–Crippen LogP) is 6.42. The molecule has 0 bridgehead atoms. The third kappa shape index (κ3) is 3.56. The lowest BCUT2D eigenvalue weighted by molar-refractivity contribution is 0.707.